The van der Waals surface area contributed by atoms with E-state index in [-0.39, 0.29) is 23.2 Å². The molecule has 2 amide bonds. The molecule has 7 heteroatoms. The van der Waals surface area contributed by atoms with Gasteiger partial charge in [0.15, 0.2) is 0 Å². The summed E-state index contributed by atoms with van der Waals surface area (Å²) < 4.78 is 13.1. The first-order chi connectivity index (χ1) is 10.1. The molecule has 0 unspecified atom stereocenters. The number of hydrogen-bond acceptors (Lipinski definition) is 3. The fourth-order valence-corrected chi connectivity index (χ4v) is 2.59. The molecule has 0 atom stereocenters. The lowest BCUT2D eigenvalue weighted by molar-refractivity contribution is -0.118. The maximum atomic E-state index is 13.1. The van der Waals surface area contributed by atoms with Gasteiger partial charge in [-0.25, -0.2) is 4.39 Å². The van der Waals surface area contributed by atoms with E-state index < -0.39 is 5.91 Å². The molecule has 0 saturated carbocycles. The summed E-state index contributed by atoms with van der Waals surface area (Å²) in [4.78, 5) is 25.1. The predicted octanol–water partition coefficient (Wildman–Crippen LogP) is 1.18. The minimum Gasteiger partial charge on any atom is -0.369 e. The highest BCUT2D eigenvalue weighted by molar-refractivity contribution is 8.00. The van der Waals surface area contributed by atoms with E-state index in [9.17, 15) is 14.0 Å². The number of amides is 2. The second kappa shape index (κ2) is 7.12. The van der Waals surface area contributed by atoms with Gasteiger partial charge in [-0.2, -0.15) is 0 Å². The Morgan fingerprint density at radius 1 is 1.33 bits per heavy atom. The Labute approximate surface area is 125 Å². The van der Waals surface area contributed by atoms with Crippen molar-refractivity contribution in [2.24, 2.45) is 5.73 Å². The predicted molar refractivity (Wildman–Crippen MR) is 81.5 cm³/mol. The van der Waals surface area contributed by atoms with Gasteiger partial charge < -0.3 is 16.0 Å². The molecule has 0 aliphatic rings. The van der Waals surface area contributed by atoms with Crippen LogP contribution in [0.25, 0.3) is 10.9 Å². The smallest absolute Gasteiger partial charge is 0.230 e. The monoisotopic (exact) mass is 309 g/mol. The number of hydrogen-bond donors (Lipinski definition) is 3. The van der Waals surface area contributed by atoms with Crippen LogP contribution in [0.2, 0.25) is 0 Å². The zero-order valence-corrected chi connectivity index (χ0v) is 12.1. The Bertz CT molecular complexity index is 657. The highest BCUT2D eigenvalue weighted by Crippen LogP contribution is 2.19. The van der Waals surface area contributed by atoms with E-state index >= 15 is 0 Å². The van der Waals surface area contributed by atoms with Crippen LogP contribution in [0.5, 0.6) is 0 Å². The molecule has 0 saturated heterocycles. The van der Waals surface area contributed by atoms with Crippen molar-refractivity contribution in [3.05, 3.63) is 35.8 Å². The summed E-state index contributed by atoms with van der Waals surface area (Å²) in [6, 6.07) is 4.58. The zero-order valence-electron chi connectivity index (χ0n) is 11.3. The van der Waals surface area contributed by atoms with E-state index in [2.05, 4.69) is 10.3 Å². The third-order valence-corrected chi connectivity index (χ3v) is 3.88. The van der Waals surface area contributed by atoms with Crippen LogP contribution in [-0.2, 0) is 16.0 Å². The number of nitrogens with two attached hydrogens (primary N) is 1. The van der Waals surface area contributed by atoms with Crippen molar-refractivity contribution in [1.29, 1.82) is 0 Å². The van der Waals surface area contributed by atoms with E-state index in [0.717, 1.165) is 16.5 Å². The molecule has 112 valence electrons. The van der Waals surface area contributed by atoms with Gasteiger partial charge in [-0.1, -0.05) is 0 Å². The van der Waals surface area contributed by atoms with Gasteiger partial charge in [0, 0.05) is 23.6 Å². The van der Waals surface area contributed by atoms with Crippen LogP contribution >= 0.6 is 11.8 Å². The molecule has 2 aromatic rings. The summed E-state index contributed by atoms with van der Waals surface area (Å²) in [5.41, 5.74) is 6.75. The van der Waals surface area contributed by atoms with Gasteiger partial charge in [0.2, 0.25) is 11.8 Å². The van der Waals surface area contributed by atoms with Crippen LogP contribution in [-0.4, -0.2) is 34.8 Å². The number of carbonyl (C=O) groups is 2. The Balaban J connectivity index is 1.80. The zero-order chi connectivity index (χ0) is 15.2. The first-order valence-electron chi connectivity index (χ1n) is 6.44. The highest BCUT2D eigenvalue weighted by atomic mass is 32.2. The van der Waals surface area contributed by atoms with E-state index in [4.69, 9.17) is 5.73 Å². The molecule has 2 rings (SSSR count). The number of thioether (sulfide) groups is 1. The topological polar surface area (TPSA) is 88.0 Å². The van der Waals surface area contributed by atoms with Crippen LogP contribution in [0, 0.1) is 5.82 Å². The van der Waals surface area contributed by atoms with E-state index in [1.54, 1.807) is 6.07 Å². The molecule has 0 spiro atoms. The second-order valence-electron chi connectivity index (χ2n) is 4.56. The quantitative estimate of drug-likeness (QED) is 0.718. The van der Waals surface area contributed by atoms with E-state index in [1.165, 1.54) is 23.9 Å². The standard InChI is InChI=1S/C14H16FN3O2S/c15-10-1-2-11-9(6-18-12(11)5-10)3-4-17-14(20)8-21-7-13(16)19/h1-2,5-6,18H,3-4,7-8H2,(H2,16,19)(H,17,20). The number of H-pyrrole nitrogens is 1. The molecular weight excluding hydrogens is 293 g/mol. The van der Waals surface area contributed by atoms with Gasteiger partial charge in [-0.15, -0.1) is 11.8 Å². The fourth-order valence-electron chi connectivity index (χ4n) is 2.00. The molecule has 0 bridgehead atoms. The van der Waals surface area contributed by atoms with Crippen molar-refractivity contribution in [3.8, 4) is 0 Å². The number of primary amides is 1. The summed E-state index contributed by atoms with van der Waals surface area (Å²) in [5, 5.41) is 3.72. The van der Waals surface area contributed by atoms with E-state index in [0.29, 0.717) is 13.0 Å². The van der Waals surface area contributed by atoms with Crippen molar-refractivity contribution in [3.63, 3.8) is 0 Å². The van der Waals surface area contributed by atoms with Crippen LogP contribution < -0.4 is 11.1 Å². The first kappa shape index (κ1) is 15.4. The van der Waals surface area contributed by atoms with Gasteiger partial charge in [0.1, 0.15) is 5.82 Å². The molecule has 0 radical (unpaired) electrons. The summed E-state index contributed by atoms with van der Waals surface area (Å²) in [5.74, 6) is -0.495. The van der Waals surface area contributed by atoms with Crippen molar-refractivity contribution in [1.82, 2.24) is 10.3 Å². The number of halogens is 1. The maximum Gasteiger partial charge on any atom is 0.230 e. The molecule has 0 aliphatic carbocycles. The second-order valence-corrected chi connectivity index (χ2v) is 5.55. The third kappa shape index (κ3) is 4.49. The minimum atomic E-state index is -0.432. The molecule has 1 heterocycles. The number of carbonyl (C=O) groups excluding carboxylic acids is 2. The van der Waals surface area contributed by atoms with Gasteiger partial charge in [0.25, 0.3) is 0 Å². The van der Waals surface area contributed by atoms with Gasteiger partial charge in [0.05, 0.1) is 11.5 Å². The third-order valence-electron chi connectivity index (χ3n) is 2.92. The Kier molecular flexibility index (Phi) is 5.21. The van der Waals surface area contributed by atoms with Crippen LogP contribution in [0.15, 0.2) is 24.4 Å². The number of nitrogens with one attached hydrogen (secondary N) is 2. The minimum absolute atomic E-state index is 0.132. The normalized spacial score (nSPS) is 10.7. The molecular formula is C14H16FN3O2S. The van der Waals surface area contributed by atoms with Crippen molar-refractivity contribution in [2.75, 3.05) is 18.1 Å². The Hall–Kier alpha value is -2.02. The Morgan fingerprint density at radius 2 is 2.14 bits per heavy atom. The lowest BCUT2D eigenvalue weighted by Crippen LogP contribution is -2.28. The maximum absolute atomic E-state index is 13.1. The van der Waals surface area contributed by atoms with Crippen molar-refractivity contribution < 1.29 is 14.0 Å². The van der Waals surface area contributed by atoms with Crippen molar-refractivity contribution >= 4 is 34.5 Å². The number of rotatable bonds is 7. The average molecular weight is 309 g/mol. The fraction of sp³-hybridized carbons (Fsp3) is 0.286. The number of aromatic nitrogens is 1. The molecule has 21 heavy (non-hydrogen) atoms. The summed E-state index contributed by atoms with van der Waals surface area (Å²) in [6.07, 6.45) is 2.47. The lowest BCUT2D eigenvalue weighted by Gasteiger charge is -2.04. The summed E-state index contributed by atoms with van der Waals surface area (Å²) in [6.45, 7) is 0.486. The molecule has 5 nitrogen and oxygen atoms in total. The Morgan fingerprint density at radius 3 is 2.90 bits per heavy atom. The average Bonchev–Trinajstić information content (AvgIpc) is 2.80. The van der Waals surface area contributed by atoms with Crippen LogP contribution in [0.1, 0.15) is 5.56 Å². The first-order valence-corrected chi connectivity index (χ1v) is 7.60. The van der Waals surface area contributed by atoms with Gasteiger partial charge in [-0.3, -0.25) is 9.59 Å². The molecule has 4 N–H and O–H groups in total. The molecule has 0 aliphatic heterocycles. The van der Waals surface area contributed by atoms with E-state index in [1.807, 2.05) is 6.20 Å². The highest BCUT2D eigenvalue weighted by Gasteiger charge is 2.06. The number of fused-ring (bicyclic) bond motifs is 1. The number of benzene rings is 1. The lowest BCUT2D eigenvalue weighted by atomic mass is 10.1. The molecule has 1 aromatic carbocycles. The van der Waals surface area contributed by atoms with Crippen LogP contribution in [0.4, 0.5) is 4.39 Å². The summed E-state index contributed by atoms with van der Waals surface area (Å²) in [7, 11) is 0. The SMILES string of the molecule is NC(=O)CSCC(=O)NCCc1c[nH]c2cc(F)ccc12. The largest absolute Gasteiger partial charge is 0.369 e. The van der Waals surface area contributed by atoms with Crippen molar-refractivity contribution in [2.45, 2.75) is 6.42 Å². The number of aromatic amines is 1. The summed E-state index contributed by atoms with van der Waals surface area (Å²) >= 11 is 1.19. The van der Waals surface area contributed by atoms with Crippen LogP contribution in [0.3, 0.4) is 0 Å². The molecule has 1 aromatic heterocycles. The molecule has 0 fully saturated rings. The van der Waals surface area contributed by atoms with Gasteiger partial charge >= 0.3 is 0 Å². The van der Waals surface area contributed by atoms with Gasteiger partial charge in [-0.05, 0) is 30.2 Å².